The maximum atomic E-state index is 12.0. The first-order chi connectivity index (χ1) is 17.6. The lowest BCUT2D eigenvalue weighted by Gasteiger charge is -2.49. The molecule has 208 valence electrons. The highest BCUT2D eigenvalue weighted by molar-refractivity contribution is 5.89. The summed E-state index contributed by atoms with van der Waals surface area (Å²) >= 11 is 0. The number of rotatable bonds is 6. The largest absolute Gasteiger partial charge is 0.369 e. The van der Waals surface area contributed by atoms with Crippen LogP contribution >= 0.6 is 0 Å². The van der Waals surface area contributed by atoms with Gasteiger partial charge in [0.15, 0.2) is 6.23 Å². The lowest BCUT2D eigenvalue weighted by Crippen LogP contribution is -2.40. The van der Waals surface area contributed by atoms with Crippen molar-refractivity contribution in [2.45, 2.75) is 109 Å². The fourth-order valence-corrected chi connectivity index (χ4v) is 6.40. The average Bonchev–Trinajstić information content (AvgIpc) is 2.83. The van der Waals surface area contributed by atoms with Gasteiger partial charge >= 0.3 is 6.03 Å². The molecule has 0 saturated carbocycles. The van der Waals surface area contributed by atoms with E-state index in [-0.39, 0.29) is 27.7 Å². The Hall–Kier alpha value is -2.57. The third-order valence-corrected chi connectivity index (χ3v) is 9.08. The predicted octanol–water partition coefficient (Wildman–Crippen LogP) is 6.57. The smallest absolute Gasteiger partial charge is 0.319 e. The van der Waals surface area contributed by atoms with E-state index in [1.165, 1.54) is 22.3 Å². The van der Waals surface area contributed by atoms with Gasteiger partial charge < -0.3 is 26.8 Å². The molecule has 0 aromatic heterocycles. The summed E-state index contributed by atoms with van der Waals surface area (Å²) < 4.78 is 0. The molecule has 1 unspecified atom stereocenters. The van der Waals surface area contributed by atoms with Gasteiger partial charge in [0.1, 0.15) is 0 Å². The molecule has 0 radical (unpaired) electrons. The molecule has 0 heterocycles. The van der Waals surface area contributed by atoms with Gasteiger partial charge in [0, 0.05) is 30.0 Å². The standard InChI is InChI=1S/C32H48N4O2/c1-29(2)13-15-31(5,6)24-22(29)19-23-25(32(7,8)16-14-30(23,3)4)26(24)36-27(37)20-9-11-21(12-10-20)35-28(38)34-18-17-33/h9-12,19,27,36-37H,13-18,33H2,1-8H3,(H2,34,35,38). The van der Waals surface area contributed by atoms with Gasteiger partial charge in [-0.25, -0.2) is 4.79 Å². The SMILES string of the molecule is CC1(C)CCC(C)(C)c2c1cc1c(c2NC(O)c2ccc(NC(=O)NCCN)cc2)C(C)(C)CCC1(C)C. The van der Waals surface area contributed by atoms with Gasteiger partial charge in [-0.05, 0) is 81.7 Å². The van der Waals surface area contributed by atoms with Crippen molar-refractivity contribution in [3.8, 4) is 0 Å². The van der Waals surface area contributed by atoms with Crippen molar-refractivity contribution in [2.24, 2.45) is 5.73 Å². The molecule has 0 bridgehead atoms. The van der Waals surface area contributed by atoms with Crippen molar-refractivity contribution >= 4 is 17.4 Å². The highest BCUT2D eigenvalue weighted by Crippen LogP contribution is 2.57. The third-order valence-electron chi connectivity index (χ3n) is 9.08. The molecule has 0 saturated heterocycles. The summed E-state index contributed by atoms with van der Waals surface area (Å²) in [6.07, 6.45) is 3.61. The van der Waals surface area contributed by atoms with Gasteiger partial charge in [-0.1, -0.05) is 73.6 Å². The number of anilines is 2. The first-order valence-electron chi connectivity index (χ1n) is 14.1. The third kappa shape index (κ3) is 5.30. The summed E-state index contributed by atoms with van der Waals surface area (Å²) in [5, 5.41) is 20.7. The molecule has 38 heavy (non-hydrogen) atoms. The van der Waals surface area contributed by atoms with Crippen LogP contribution in [0.4, 0.5) is 16.2 Å². The molecule has 1 atom stereocenters. The summed E-state index contributed by atoms with van der Waals surface area (Å²) in [4.78, 5) is 12.0. The van der Waals surface area contributed by atoms with Crippen LogP contribution in [0.2, 0.25) is 0 Å². The minimum absolute atomic E-state index is 0.00965. The molecule has 6 heteroatoms. The molecule has 6 N–H and O–H groups in total. The van der Waals surface area contributed by atoms with E-state index in [1.54, 1.807) is 0 Å². The summed E-state index contributed by atoms with van der Waals surface area (Å²) in [6, 6.07) is 9.58. The maximum Gasteiger partial charge on any atom is 0.319 e. The van der Waals surface area contributed by atoms with Crippen LogP contribution in [0.5, 0.6) is 0 Å². The van der Waals surface area contributed by atoms with Crippen LogP contribution in [-0.4, -0.2) is 24.2 Å². The Morgan fingerprint density at radius 1 is 0.842 bits per heavy atom. The van der Waals surface area contributed by atoms with Crippen molar-refractivity contribution in [2.75, 3.05) is 23.7 Å². The van der Waals surface area contributed by atoms with E-state index in [9.17, 15) is 9.90 Å². The molecule has 0 spiro atoms. The number of benzene rings is 2. The quantitative estimate of drug-likeness (QED) is 0.278. The Morgan fingerprint density at radius 3 is 1.79 bits per heavy atom. The lowest BCUT2D eigenvalue weighted by atomic mass is 9.56. The Kier molecular flexibility index (Phi) is 7.39. The minimum atomic E-state index is -0.882. The highest BCUT2D eigenvalue weighted by Gasteiger charge is 2.46. The first-order valence-corrected chi connectivity index (χ1v) is 14.1. The van der Waals surface area contributed by atoms with E-state index in [1.807, 2.05) is 24.3 Å². The molecule has 6 nitrogen and oxygen atoms in total. The number of carbonyl (C=O) groups is 1. The molecule has 2 aromatic rings. The van der Waals surface area contributed by atoms with E-state index in [2.05, 4.69) is 77.4 Å². The summed E-state index contributed by atoms with van der Waals surface area (Å²) in [5.74, 6) is 0. The van der Waals surface area contributed by atoms with Gasteiger partial charge in [0.2, 0.25) is 0 Å². The van der Waals surface area contributed by atoms with Gasteiger partial charge in [-0.15, -0.1) is 0 Å². The molecule has 4 rings (SSSR count). The fourth-order valence-electron chi connectivity index (χ4n) is 6.40. The second-order valence-corrected chi connectivity index (χ2v) is 14.0. The Labute approximate surface area is 229 Å². The van der Waals surface area contributed by atoms with Crippen LogP contribution in [0.3, 0.4) is 0 Å². The van der Waals surface area contributed by atoms with Gasteiger partial charge in [-0.2, -0.15) is 0 Å². The first kappa shape index (κ1) is 28.4. The monoisotopic (exact) mass is 520 g/mol. The Morgan fingerprint density at radius 2 is 1.32 bits per heavy atom. The molecule has 2 aliphatic carbocycles. The number of aliphatic hydroxyl groups excluding tert-OH is 1. The van der Waals surface area contributed by atoms with Crippen LogP contribution in [0.25, 0.3) is 0 Å². The number of urea groups is 1. The Balaban J connectivity index is 1.78. The number of nitrogens with two attached hydrogens (primary N) is 1. The van der Waals surface area contributed by atoms with Crippen molar-refractivity contribution in [3.05, 3.63) is 58.1 Å². The van der Waals surface area contributed by atoms with Crippen molar-refractivity contribution in [1.29, 1.82) is 0 Å². The zero-order valence-electron chi connectivity index (χ0n) is 24.6. The number of hydrogen-bond acceptors (Lipinski definition) is 4. The van der Waals surface area contributed by atoms with Gasteiger partial charge in [0.25, 0.3) is 0 Å². The zero-order valence-corrected chi connectivity index (χ0v) is 24.6. The van der Waals surface area contributed by atoms with E-state index in [4.69, 9.17) is 5.73 Å². The molecule has 2 aromatic carbocycles. The highest BCUT2D eigenvalue weighted by atomic mass is 16.3. The van der Waals surface area contributed by atoms with Crippen LogP contribution in [0.15, 0.2) is 30.3 Å². The fraction of sp³-hybridized carbons (Fsp3) is 0.594. The molecular weight excluding hydrogens is 472 g/mol. The molecule has 2 amide bonds. The van der Waals surface area contributed by atoms with Crippen molar-refractivity contribution in [1.82, 2.24) is 5.32 Å². The molecular formula is C32H48N4O2. The number of amides is 2. The minimum Gasteiger partial charge on any atom is -0.369 e. The normalized spacial score (nSPS) is 21.0. The summed E-state index contributed by atoms with van der Waals surface area (Å²) in [5.41, 5.74) is 13.6. The average molecular weight is 521 g/mol. The zero-order chi connectivity index (χ0) is 28.1. The summed E-state index contributed by atoms with van der Waals surface area (Å²) in [6.45, 7) is 19.7. The lowest BCUT2D eigenvalue weighted by molar-refractivity contribution is 0.206. The number of hydrogen-bond donors (Lipinski definition) is 5. The van der Waals surface area contributed by atoms with E-state index in [0.29, 0.717) is 18.8 Å². The van der Waals surface area contributed by atoms with E-state index < -0.39 is 6.23 Å². The van der Waals surface area contributed by atoms with Crippen LogP contribution in [0, 0.1) is 0 Å². The Bertz CT molecular complexity index is 1140. The predicted molar refractivity (Wildman–Crippen MR) is 158 cm³/mol. The van der Waals surface area contributed by atoms with Crippen LogP contribution in [0.1, 0.15) is 115 Å². The van der Waals surface area contributed by atoms with Crippen LogP contribution in [-0.2, 0) is 21.7 Å². The van der Waals surface area contributed by atoms with Crippen molar-refractivity contribution in [3.63, 3.8) is 0 Å². The topological polar surface area (TPSA) is 99.4 Å². The van der Waals surface area contributed by atoms with Gasteiger partial charge in [0.05, 0.1) is 0 Å². The van der Waals surface area contributed by atoms with Gasteiger partial charge in [-0.3, -0.25) is 0 Å². The number of nitrogens with one attached hydrogen (secondary N) is 3. The maximum absolute atomic E-state index is 12.0. The van der Waals surface area contributed by atoms with Crippen LogP contribution < -0.4 is 21.7 Å². The molecule has 0 aliphatic heterocycles. The number of fused-ring (bicyclic) bond motifs is 2. The summed E-state index contributed by atoms with van der Waals surface area (Å²) in [7, 11) is 0. The van der Waals surface area contributed by atoms with E-state index in [0.717, 1.165) is 36.9 Å². The van der Waals surface area contributed by atoms with E-state index >= 15 is 0 Å². The molecule has 0 fully saturated rings. The number of aliphatic hydroxyl groups is 1. The number of carbonyl (C=O) groups excluding carboxylic acids is 1. The van der Waals surface area contributed by atoms with Crippen molar-refractivity contribution < 1.29 is 9.90 Å². The second-order valence-electron chi connectivity index (χ2n) is 14.0. The second kappa shape index (κ2) is 9.87. The molecule has 2 aliphatic rings.